The van der Waals surface area contributed by atoms with Crippen LogP contribution in [0, 0.1) is 0 Å². The van der Waals surface area contributed by atoms with Gasteiger partial charge in [-0.15, -0.1) is 0 Å². The number of nitrogens with one attached hydrogen (secondary N) is 1. The molecule has 178 valence electrons. The van der Waals surface area contributed by atoms with Gasteiger partial charge >= 0.3 is 5.76 Å². The van der Waals surface area contributed by atoms with E-state index in [0.29, 0.717) is 43.0 Å². The maximum atomic E-state index is 13.0. The summed E-state index contributed by atoms with van der Waals surface area (Å²) in [5.41, 5.74) is 1.72. The van der Waals surface area contributed by atoms with Crippen molar-refractivity contribution < 1.29 is 17.6 Å². The standard InChI is InChI=1S/C22H29N5O5S/c1-24(2)11-12-27-18-13-16(7-8-20(18)32-22(27)29)23-21(28)19-14-17(15-25(19)3)33(30,31)26-9-5-4-6-10-26/h7-8,13-15H,4-6,9-12H2,1-3H3,(H,23,28). The summed E-state index contributed by atoms with van der Waals surface area (Å²) in [7, 11) is 1.83. The van der Waals surface area contributed by atoms with Gasteiger partial charge in [-0.05, 0) is 51.2 Å². The van der Waals surface area contributed by atoms with E-state index < -0.39 is 21.7 Å². The summed E-state index contributed by atoms with van der Waals surface area (Å²) in [6.07, 6.45) is 4.18. The quantitative estimate of drug-likeness (QED) is 0.559. The van der Waals surface area contributed by atoms with Crippen LogP contribution in [0.3, 0.4) is 0 Å². The number of amides is 1. The molecular formula is C22H29N5O5S. The number of benzene rings is 1. The van der Waals surface area contributed by atoms with E-state index in [2.05, 4.69) is 5.32 Å². The Kier molecular flexibility index (Phi) is 6.46. The lowest BCUT2D eigenvalue weighted by atomic mass is 10.2. The Morgan fingerprint density at radius 1 is 1.15 bits per heavy atom. The molecule has 1 N–H and O–H groups in total. The van der Waals surface area contributed by atoms with Crippen LogP contribution in [0.1, 0.15) is 29.8 Å². The normalized spacial score (nSPS) is 15.4. The molecule has 1 aromatic carbocycles. The van der Waals surface area contributed by atoms with Crippen LogP contribution in [-0.4, -0.2) is 66.4 Å². The Hall–Kier alpha value is -2.89. The van der Waals surface area contributed by atoms with Crippen molar-refractivity contribution in [1.29, 1.82) is 0 Å². The van der Waals surface area contributed by atoms with Crippen molar-refractivity contribution in [1.82, 2.24) is 18.3 Å². The van der Waals surface area contributed by atoms with Crippen molar-refractivity contribution in [2.45, 2.75) is 30.7 Å². The summed E-state index contributed by atoms with van der Waals surface area (Å²) in [5, 5.41) is 2.80. The molecule has 0 aliphatic carbocycles. The molecular weight excluding hydrogens is 446 g/mol. The SMILES string of the molecule is CN(C)CCn1c(=O)oc2ccc(NC(=O)c3cc(S(=O)(=O)N4CCCCC4)cn3C)cc21. The van der Waals surface area contributed by atoms with Crippen molar-refractivity contribution >= 4 is 32.7 Å². The minimum absolute atomic E-state index is 0.111. The fraction of sp³-hybridized carbons (Fsp3) is 0.455. The Labute approximate surface area is 192 Å². The molecule has 10 nitrogen and oxygen atoms in total. The number of aromatic nitrogens is 2. The summed E-state index contributed by atoms with van der Waals surface area (Å²) in [6.45, 7) is 2.10. The second-order valence-electron chi connectivity index (χ2n) is 8.60. The van der Waals surface area contributed by atoms with Gasteiger partial charge in [0.15, 0.2) is 5.58 Å². The molecule has 1 aliphatic heterocycles. The first-order chi connectivity index (χ1) is 15.7. The van der Waals surface area contributed by atoms with Crippen LogP contribution in [0.4, 0.5) is 5.69 Å². The van der Waals surface area contributed by atoms with Crippen LogP contribution < -0.4 is 11.1 Å². The Bertz CT molecular complexity index is 1330. The first kappa shape index (κ1) is 23.3. The van der Waals surface area contributed by atoms with Crippen LogP contribution in [0.15, 0.2) is 44.6 Å². The number of sulfonamides is 1. The third-order valence-electron chi connectivity index (χ3n) is 5.86. The molecule has 4 rings (SSSR count). The number of fused-ring (bicyclic) bond motifs is 1. The highest BCUT2D eigenvalue weighted by molar-refractivity contribution is 7.89. The average Bonchev–Trinajstić information content (AvgIpc) is 3.32. The molecule has 3 heterocycles. The second kappa shape index (κ2) is 9.16. The van der Waals surface area contributed by atoms with Crippen molar-refractivity contribution in [3.8, 4) is 0 Å². The van der Waals surface area contributed by atoms with Crippen LogP contribution in [0.2, 0.25) is 0 Å². The number of hydrogen-bond acceptors (Lipinski definition) is 6. The van der Waals surface area contributed by atoms with Crippen LogP contribution in [0.5, 0.6) is 0 Å². The molecule has 1 amide bonds. The smallest absolute Gasteiger partial charge is 0.408 e. The average molecular weight is 476 g/mol. The topological polar surface area (TPSA) is 110 Å². The molecule has 3 aromatic rings. The molecule has 0 radical (unpaired) electrons. The number of rotatable bonds is 7. The molecule has 0 saturated carbocycles. The van der Waals surface area contributed by atoms with Gasteiger partial charge in [-0.2, -0.15) is 4.31 Å². The van der Waals surface area contributed by atoms with Gasteiger partial charge in [0.2, 0.25) is 10.0 Å². The fourth-order valence-corrected chi connectivity index (χ4v) is 5.59. The molecule has 2 aromatic heterocycles. The summed E-state index contributed by atoms with van der Waals surface area (Å²) in [6, 6.07) is 6.37. The molecule has 0 unspecified atom stereocenters. The molecule has 0 spiro atoms. The van der Waals surface area contributed by atoms with Crippen LogP contribution in [-0.2, 0) is 23.6 Å². The van der Waals surface area contributed by atoms with Crippen LogP contribution >= 0.6 is 0 Å². The van der Waals surface area contributed by atoms with E-state index in [4.69, 9.17) is 4.42 Å². The Morgan fingerprint density at radius 2 is 1.88 bits per heavy atom. The number of hydrogen-bond donors (Lipinski definition) is 1. The van der Waals surface area contributed by atoms with Gasteiger partial charge in [-0.1, -0.05) is 6.42 Å². The second-order valence-corrected chi connectivity index (χ2v) is 10.5. The van der Waals surface area contributed by atoms with Gasteiger partial charge in [0.1, 0.15) is 10.6 Å². The number of likely N-dealkylation sites (N-methyl/N-ethyl adjacent to an activating group) is 1. The van der Waals surface area contributed by atoms with Crippen molar-refractivity contribution in [2.75, 3.05) is 39.0 Å². The van der Waals surface area contributed by atoms with E-state index in [-0.39, 0.29) is 10.6 Å². The first-order valence-electron chi connectivity index (χ1n) is 10.9. The molecule has 1 aliphatic rings. The lowest BCUT2D eigenvalue weighted by Gasteiger charge is -2.25. The van der Waals surface area contributed by atoms with Crippen molar-refractivity contribution in [2.24, 2.45) is 7.05 Å². The molecule has 0 atom stereocenters. The van der Waals surface area contributed by atoms with E-state index >= 15 is 0 Å². The van der Waals surface area contributed by atoms with Gasteiger partial charge < -0.3 is 19.2 Å². The maximum Gasteiger partial charge on any atom is 0.419 e. The van der Waals surface area contributed by atoms with Gasteiger partial charge in [-0.25, -0.2) is 13.2 Å². The third-order valence-corrected chi connectivity index (χ3v) is 7.73. The number of carbonyl (C=O) groups excluding carboxylic acids is 1. The Balaban J connectivity index is 1.57. The minimum atomic E-state index is -3.64. The highest BCUT2D eigenvalue weighted by atomic mass is 32.2. The summed E-state index contributed by atoms with van der Waals surface area (Å²) in [5.74, 6) is -0.895. The number of piperidine rings is 1. The summed E-state index contributed by atoms with van der Waals surface area (Å²) >= 11 is 0. The highest BCUT2D eigenvalue weighted by Gasteiger charge is 2.28. The summed E-state index contributed by atoms with van der Waals surface area (Å²) in [4.78, 5) is 27.2. The molecule has 0 bridgehead atoms. The predicted octanol–water partition coefficient (Wildman–Crippen LogP) is 1.92. The third kappa shape index (κ3) is 4.75. The monoisotopic (exact) mass is 475 g/mol. The van der Waals surface area contributed by atoms with Crippen LogP contribution in [0.25, 0.3) is 11.1 Å². The fourth-order valence-electron chi connectivity index (χ4n) is 4.00. The molecule has 11 heteroatoms. The van der Waals surface area contributed by atoms with E-state index in [0.717, 1.165) is 19.3 Å². The zero-order valence-corrected chi connectivity index (χ0v) is 19.9. The minimum Gasteiger partial charge on any atom is -0.408 e. The first-order valence-corrected chi connectivity index (χ1v) is 12.4. The van der Waals surface area contributed by atoms with E-state index in [1.165, 1.54) is 25.7 Å². The number of anilines is 1. The van der Waals surface area contributed by atoms with E-state index in [1.807, 2.05) is 19.0 Å². The predicted molar refractivity (Wildman–Crippen MR) is 125 cm³/mol. The molecule has 1 fully saturated rings. The van der Waals surface area contributed by atoms with Gasteiger partial charge in [0, 0.05) is 45.1 Å². The van der Waals surface area contributed by atoms with Crippen molar-refractivity contribution in [3.63, 3.8) is 0 Å². The lowest BCUT2D eigenvalue weighted by molar-refractivity contribution is 0.101. The maximum absolute atomic E-state index is 13.0. The van der Waals surface area contributed by atoms with Gasteiger partial charge in [0.05, 0.1) is 5.52 Å². The lowest BCUT2D eigenvalue weighted by Crippen LogP contribution is -2.35. The Morgan fingerprint density at radius 3 is 2.58 bits per heavy atom. The van der Waals surface area contributed by atoms with E-state index in [1.54, 1.807) is 25.2 Å². The van der Waals surface area contributed by atoms with Gasteiger partial charge in [-0.3, -0.25) is 9.36 Å². The number of oxazole rings is 1. The summed E-state index contributed by atoms with van der Waals surface area (Å²) < 4.78 is 35.7. The molecule has 33 heavy (non-hydrogen) atoms. The van der Waals surface area contributed by atoms with Gasteiger partial charge in [0.25, 0.3) is 5.91 Å². The van der Waals surface area contributed by atoms with E-state index in [9.17, 15) is 18.0 Å². The number of carbonyl (C=O) groups is 1. The number of nitrogens with zero attached hydrogens (tertiary/aromatic N) is 4. The number of aryl methyl sites for hydroxylation is 1. The van der Waals surface area contributed by atoms with Crippen molar-refractivity contribution in [3.05, 3.63) is 46.7 Å². The zero-order chi connectivity index (χ0) is 23.8. The largest absolute Gasteiger partial charge is 0.419 e. The molecule has 1 saturated heterocycles. The zero-order valence-electron chi connectivity index (χ0n) is 19.1. The highest BCUT2D eigenvalue weighted by Crippen LogP contribution is 2.24.